The fourth-order valence-electron chi connectivity index (χ4n) is 2.42. The van der Waals surface area contributed by atoms with Crippen LogP contribution in [0.25, 0.3) is 21.0 Å². The lowest BCUT2D eigenvalue weighted by atomic mass is 10.1. The summed E-state index contributed by atoms with van der Waals surface area (Å²) in [6, 6.07) is 11.1. The van der Waals surface area contributed by atoms with Crippen molar-refractivity contribution in [2.24, 2.45) is 0 Å². The Kier molecular flexibility index (Phi) is 2.27. The highest BCUT2D eigenvalue weighted by Gasteiger charge is 2.11. The summed E-state index contributed by atoms with van der Waals surface area (Å²) in [6.07, 6.45) is 1.09. The van der Waals surface area contributed by atoms with Gasteiger partial charge in [-0.05, 0) is 53.3 Å². The average Bonchev–Trinajstić information content (AvgIpc) is 2.62. The van der Waals surface area contributed by atoms with Crippen LogP contribution < -0.4 is 0 Å². The molecule has 3 aromatic rings. The minimum Gasteiger partial charge on any atom is -0.508 e. The van der Waals surface area contributed by atoms with E-state index in [2.05, 4.69) is 6.92 Å². The van der Waals surface area contributed by atoms with E-state index in [1.54, 1.807) is 24.3 Å². The standard InChI is InChI=1S/C14H13O2P/c1-2-17-13-5-3-9(15)7-11(13)12-8-10(16)4-6-14(12)17/h3-8,15-16H,2H2,1H3. The maximum atomic E-state index is 9.59. The Morgan fingerprint density at radius 1 is 0.882 bits per heavy atom. The van der Waals surface area contributed by atoms with Crippen LogP contribution in [0, 0.1) is 0 Å². The first-order valence-electron chi connectivity index (χ1n) is 5.64. The molecule has 1 heterocycles. The second-order valence-electron chi connectivity index (χ2n) is 4.15. The zero-order valence-corrected chi connectivity index (χ0v) is 10.4. The van der Waals surface area contributed by atoms with Gasteiger partial charge in [0.1, 0.15) is 11.5 Å². The van der Waals surface area contributed by atoms with Gasteiger partial charge in [0.25, 0.3) is 0 Å². The molecule has 2 N–H and O–H groups in total. The molecule has 1 aromatic heterocycles. The molecule has 2 nitrogen and oxygen atoms in total. The van der Waals surface area contributed by atoms with E-state index in [1.165, 1.54) is 10.2 Å². The fourth-order valence-corrected chi connectivity index (χ4v) is 4.82. The van der Waals surface area contributed by atoms with Crippen molar-refractivity contribution in [3.05, 3.63) is 36.4 Å². The van der Waals surface area contributed by atoms with Crippen LogP contribution in [0.4, 0.5) is 0 Å². The summed E-state index contributed by atoms with van der Waals surface area (Å²) in [5.41, 5.74) is 0. The van der Waals surface area contributed by atoms with Crippen LogP contribution >= 0.6 is 7.53 Å². The van der Waals surface area contributed by atoms with E-state index in [0.29, 0.717) is 0 Å². The Morgan fingerprint density at radius 3 is 1.76 bits per heavy atom. The minimum atomic E-state index is -0.322. The maximum Gasteiger partial charge on any atom is 0.116 e. The van der Waals surface area contributed by atoms with E-state index in [1.807, 2.05) is 12.1 Å². The van der Waals surface area contributed by atoms with Crippen LogP contribution in [0.3, 0.4) is 0 Å². The van der Waals surface area contributed by atoms with Crippen molar-refractivity contribution in [1.82, 2.24) is 0 Å². The first kappa shape index (κ1) is 10.5. The summed E-state index contributed by atoms with van der Waals surface area (Å²) in [6.45, 7) is 2.18. The molecular formula is C14H13O2P. The highest BCUT2D eigenvalue weighted by Crippen LogP contribution is 2.50. The summed E-state index contributed by atoms with van der Waals surface area (Å²) in [5.74, 6) is 0.567. The number of benzene rings is 2. The van der Waals surface area contributed by atoms with E-state index < -0.39 is 0 Å². The lowest BCUT2D eigenvalue weighted by molar-refractivity contribution is 0.475. The van der Waals surface area contributed by atoms with E-state index in [0.717, 1.165) is 16.9 Å². The molecule has 0 unspecified atom stereocenters. The van der Waals surface area contributed by atoms with Gasteiger partial charge >= 0.3 is 0 Å². The molecule has 0 bridgehead atoms. The van der Waals surface area contributed by atoms with Gasteiger partial charge in [-0.15, -0.1) is 7.53 Å². The molecular weight excluding hydrogens is 231 g/mol. The molecule has 0 aliphatic carbocycles. The Morgan fingerprint density at radius 2 is 1.35 bits per heavy atom. The zero-order valence-electron chi connectivity index (χ0n) is 9.51. The summed E-state index contributed by atoms with van der Waals surface area (Å²) >= 11 is 0. The average molecular weight is 244 g/mol. The summed E-state index contributed by atoms with van der Waals surface area (Å²) in [5, 5.41) is 23.9. The number of phenolic OH excluding ortho intramolecular Hbond substituents is 2. The normalized spacial score (nSPS) is 11.4. The molecule has 0 amide bonds. The van der Waals surface area contributed by atoms with Crippen LogP contribution in [0.2, 0.25) is 0 Å². The lowest BCUT2D eigenvalue weighted by Gasteiger charge is -1.97. The third kappa shape index (κ3) is 1.49. The van der Waals surface area contributed by atoms with Gasteiger partial charge < -0.3 is 10.2 Å². The third-order valence-electron chi connectivity index (χ3n) is 3.15. The largest absolute Gasteiger partial charge is 0.508 e. The Bertz CT molecular complexity index is 654. The molecule has 0 radical (unpaired) electrons. The molecule has 2 aromatic carbocycles. The number of rotatable bonds is 1. The summed E-state index contributed by atoms with van der Waals surface area (Å²) < 4.78 is 0. The Hall–Kier alpha value is -1.66. The monoisotopic (exact) mass is 244 g/mol. The van der Waals surface area contributed by atoms with Gasteiger partial charge in [-0.3, -0.25) is 0 Å². The van der Waals surface area contributed by atoms with Crippen molar-refractivity contribution in [3.8, 4) is 11.5 Å². The molecule has 0 atom stereocenters. The molecule has 0 aliphatic heterocycles. The van der Waals surface area contributed by atoms with Crippen LogP contribution in [0.15, 0.2) is 36.4 Å². The predicted molar refractivity (Wildman–Crippen MR) is 73.2 cm³/mol. The first-order valence-corrected chi connectivity index (χ1v) is 7.17. The molecule has 0 aliphatic rings. The molecule has 0 fully saturated rings. The third-order valence-corrected chi connectivity index (χ3v) is 5.72. The maximum absolute atomic E-state index is 9.59. The van der Waals surface area contributed by atoms with Crippen molar-refractivity contribution >= 4 is 28.5 Å². The van der Waals surface area contributed by atoms with Gasteiger partial charge in [-0.25, -0.2) is 0 Å². The number of phenols is 2. The van der Waals surface area contributed by atoms with E-state index in [9.17, 15) is 10.2 Å². The van der Waals surface area contributed by atoms with Crippen molar-refractivity contribution in [1.29, 1.82) is 0 Å². The predicted octanol–water partition coefficient (Wildman–Crippen LogP) is 4.41. The first-order chi connectivity index (χ1) is 8.20. The minimum absolute atomic E-state index is 0.283. The quantitative estimate of drug-likeness (QED) is 0.665. The zero-order chi connectivity index (χ0) is 12.0. The van der Waals surface area contributed by atoms with Gasteiger partial charge in [-0.2, -0.15) is 0 Å². The molecule has 3 rings (SSSR count). The van der Waals surface area contributed by atoms with E-state index in [-0.39, 0.29) is 19.0 Å². The van der Waals surface area contributed by atoms with Gasteiger partial charge in [0.15, 0.2) is 0 Å². The number of aryl methyl sites for hydroxylation is 1. The Balaban J connectivity index is 2.57. The number of fused-ring (bicyclic) bond motifs is 3. The SMILES string of the molecule is CCp1c2ccc(O)cc2c2cc(O)ccc21. The smallest absolute Gasteiger partial charge is 0.116 e. The number of hydrogen-bond acceptors (Lipinski definition) is 2. The molecule has 0 saturated carbocycles. The highest BCUT2D eigenvalue weighted by molar-refractivity contribution is 7.60. The van der Waals surface area contributed by atoms with Gasteiger partial charge in [0.05, 0.1) is 0 Å². The number of aromatic hydroxyl groups is 2. The van der Waals surface area contributed by atoms with Gasteiger partial charge in [0.2, 0.25) is 0 Å². The van der Waals surface area contributed by atoms with Crippen LogP contribution in [-0.4, -0.2) is 10.2 Å². The van der Waals surface area contributed by atoms with E-state index in [4.69, 9.17) is 0 Å². The molecule has 0 saturated heterocycles. The highest BCUT2D eigenvalue weighted by atomic mass is 31.1. The summed E-state index contributed by atoms with van der Waals surface area (Å²) in [7, 11) is -0.322. The summed E-state index contributed by atoms with van der Waals surface area (Å²) in [4.78, 5) is 0. The lowest BCUT2D eigenvalue weighted by Crippen LogP contribution is -1.67. The molecule has 3 heteroatoms. The molecule has 0 spiro atoms. The number of hydrogen-bond donors (Lipinski definition) is 2. The Labute approximate surface area is 100 Å². The van der Waals surface area contributed by atoms with Crippen LogP contribution in [-0.2, 0) is 6.16 Å². The van der Waals surface area contributed by atoms with Crippen molar-refractivity contribution in [2.45, 2.75) is 13.1 Å². The van der Waals surface area contributed by atoms with Crippen molar-refractivity contribution in [3.63, 3.8) is 0 Å². The molecule has 17 heavy (non-hydrogen) atoms. The van der Waals surface area contributed by atoms with Crippen molar-refractivity contribution < 1.29 is 10.2 Å². The van der Waals surface area contributed by atoms with Crippen LogP contribution in [0.1, 0.15) is 6.92 Å². The topological polar surface area (TPSA) is 40.5 Å². The van der Waals surface area contributed by atoms with Gasteiger partial charge in [-0.1, -0.05) is 6.92 Å². The molecule has 86 valence electrons. The van der Waals surface area contributed by atoms with E-state index >= 15 is 0 Å². The van der Waals surface area contributed by atoms with Crippen molar-refractivity contribution in [2.75, 3.05) is 0 Å². The van der Waals surface area contributed by atoms with Crippen LogP contribution in [0.5, 0.6) is 11.5 Å². The second kappa shape index (κ2) is 3.68. The van der Waals surface area contributed by atoms with Gasteiger partial charge in [0, 0.05) is 10.2 Å². The second-order valence-corrected chi connectivity index (χ2v) is 6.60. The fraction of sp³-hybridized carbons (Fsp3) is 0.143.